The van der Waals surface area contributed by atoms with Crippen molar-refractivity contribution in [2.24, 2.45) is 0 Å². The predicted molar refractivity (Wildman–Crippen MR) is 97.1 cm³/mol. The number of nitro groups is 1. The van der Waals surface area contributed by atoms with Crippen LogP contribution in [0.1, 0.15) is 18.5 Å². The van der Waals surface area contributed by atoms with Crippen molar-refractivity contribution in [3.05, 3.63) is 46.4 Å². The minimum atomic E-state index is -0.431. The number of aromatic nitrogens is 3. The summed E-state index contributed by atoms with van der Waals surface area (Å²) < 4.78 is 0. The van der Waals surface area contributed by atoms with E-state index in [4.69, 9.17) is 0 Å². The molecule has 9 nitrogen and oxygen atoms in total. The minimum absolute atomic E-state index is 0.0607. The van der Waals surface area contributed by atoms with Gasteiger partial charge in [0.15, 0.2) is 0 Å². The fourth-order valence-electron chi connectivity index (χ4n) is 3.01. The summed E-state index contributed by atoms with van der Waals surface area (Å²) in [5.74, 6) is 0.884. The van der Waals surface area contributed by atoms with E-state index in [1.54, 1.807) is 0 Å². The Hall–Kier alpha value is -2.81. The van der Waals surface area contributed by atoms with Crippen LogP contribution in [0.15, 0.2) is 30.6 Å². The second-order valence-electron chi connectivity index (χ2n) is 6.66. The van der Waals surface area contributed by atoms with Gasteiger partial charge in [0.1, 0.15) is 6.20 Å². The van der Waals surface area contributed by atoms with Crippen LogP contribution in [0.4, 0.5) is 17.5 Å². The number of hydrogen-bond acceptors (Lipinski definition) is 8. The molecule has 0 radical (unpaired) electrons. The number of nitrogens with one attached hydrogen (secondary N) is 1. The molecule has 0 unspecified atom stereocenters. The summed E-state index contributed by atoms with van der Waals surface area (Å²) in [4.78, 5) is 28.2. The molecular weight excluding hydrogens is 334 g/mol. The molecule has 0 spiro atoms. The molecule has 2 fully saturated rings. The van der Waals surface area contributed by atoms with Crippen LogP contribution < -0.4 is 10.2 Å². The molecule has 2 aromatic heterocycles. The highest BCUT2D eigenvalue weighted by atomic mass is 16.6. The second-order valence-corrected chi connectivity index (χ2v) is 6.66. The highest BCUT2D eigenvalue weighted by Gasteiger charge is 2.28. The molecule has 1 saturated carbocycles. The largest absolute Gasteiger partial charge is 0.361 e. The zero-order valence-electron chi connectivity index (χ0n) is 14.4. The molecule has 136 valence electrons. The lowest BCUT2D eigenvalue weighted by Crippen LogP contribution is -2.46. The highest BCUT2D eigenvalue weighted by molar-refractivity contribution is 5.58. The van der Waals surface area contributed by atoms with E-state index in [0.29, 0.717) is 17.8 Å². The fraction of sp³-hybridized carbons (Fsp3) is 0.471. The summed E-state index contributed by atoms with van der Waals surface area (Å²) in [7, 11) is 0. The van der Waals surface area contributed by atoms with Crippen molar-refractivity contribution in [2.45, 2.75) is 25.4 Å². The Bertz CT molecular complexity index is 774. The van der Waals surface area contributed by atoms with E-state index in [1.165, 1.54) is 6.20 Å². The predicted octanol–water partition coefficient (Wildman–Crippen LogP) is 1.68. The van der Waals surface area contributed by atoms with E-state index in [0.717, 1.165) is 51.3 Å². The van der Waals surface area contributed by atoms with Crippen LogP contribution in [-0.4, -0.2) is 57.0 Å². The van der Waals surface area contributed by atoms with Gasteiger partial charge in [0.2, 0.25) is 11.8 Å². The zero-order valence-corrected chi connectivity index (χ0v) is 14.4. The van der Waals surface area contributed by atoms with E-state index < -0.39 is 4.92 Å². The van der Waals surface area contributed by atoms with E-state index in [1.807, 2.05) is 24.4 Å². The van der Waals surface area contributed by atoms with Crippen LogP contribution in [0.3, 0.4) is 0 Å². The van der Waals surface area contributed by atoms with Gasteiger partial charge in [-0.1, -0.05) is 6.07 Å². The maximum absolute atomic E-state index is 11.2. The lowest BCUT2D eigenvalue weighted by atomic mass is 10.3. The number of piperazine rings is 1. The number of nitrogens with zero attached hydrogens (tertiary/aromatic N) is 6. The number of anilines is 2. The number of hydrogen-bond donors (Lipinski definition) is 1. The van der Waals surface area contributed by atoms with Crippen molar-refractivity contribution in [3.63, 3.8) is 0 Å². The standard InChI is InChI=1S/C17H21N7O2/c25-24(26)15-11-19-17(21-16(15)20-13-4-5-13)23-9-7-22(8-10-23)12-14-3-1-2-6-18-14/h1-3,6,11,13H,4-5,7-10,12H2,(H,19,20,21). The van der Waals surface area contributed by atoms with Crippen molar-refractivity contribution >= 4 is 17.5 Å². The average molecular weight is 355 g/mol. The van der Waals surface area contributed by atoms with Gasteiger partial charge in [-0.3, -0.25) is 20.0 Å². The smallest absolute Gasteiger partial charge is 0.329 e. The highest BCUT2D eigenvalue weighted by Crippen LogP contribution is 2.30. The minimum Gasteiger partial charge on any atom is -0.361 e. The van der Waals surface area contributed by atoms with Crippen molar-refractivity contribution in [1.82, 2.24) is 19.9 Å². The summed E-state index contributed by atoms with van der Waals surface area (Å²) in [5, 5.41) is 14.3. The Balaban J connectivity index is 1.41. The summed E-state index contributed by atoms with van der Waals surface area (Å²) in [6.45, 7) is 4.15. The van der Waals surface area contributed by atoms with Gasteiger partial charge in [0.05, 0.1) is 10.6 Å². The van der Waals surface area contributed by atoms with Crippen molar-refractivity contribution in [2.75, 3.05) is 36.4 Å². The van der Waals surface area contributed by atoms with Crippen LogP contribution in [-0.2, 0) is 6.54 Å². The third-order valence-electron chi connectivity index (χ3n) is 4.64. The third kappa shape index (κ3) is 3.88. The molecule has 3 heterocycles. The molecule has 0 atom stereocenters. The Labute approximate surface area is 151 Å². The summed E-state index contributed by atoms with van der Waals surface area (Å²) >= 11 is 0. The molecule has 0 amide bonds. The summed E-state index contributed by atoms with van der Waals surface area (Å²) in [6, 6.07) is 6.24. The Kier molecular flexibility index (Phi) is 4.61. The van der Waals surface area contributed by atoms with Crippen molar-refractivity contribution in [3.8, 4) is 0 Å². The molecule has 1 N–H and O–H groups in total. The molecule has 0 aromatic carbocycles. The van der Waals surface area contributed by atoms with Gasteiger partial charge in [-0.05, 0) is 25.0 Å². The van der Waals surface area contributed by atoms with E-state index in [2.05, 4.69) is 30.1 Å². The summed E-state index contributed by atoms with van der Waals surface area (Å²) in [5.41, 5.74) is 0.998. The normalized spacial score (nSPS) is 17.9. The third-order valence-corrected chi connectivity index (χ3v) is 4.64. The molecule has 26 heavy (non-hydrogen) atoms. The lowest BCUT2D eigenvalue weighted by Gasteiger charge is -2.34. The lowest BCUT2D eigenvalue weighted by molar-refractivity contribution is -0.384. The first-order valence-electron chi connectivity index (χ1n) is 8.84. The Morgan fingerprint density at radius 1 is 1.19 bits per heavy atom. The first-order valence-corrected chi connectivity index (χ1v) is 8.84. The molecule has 2 aliphatic rings. The zero-order chi connectivity index (χ0) is 17.9. The Morgan fingerprint density at radius 2 is 2.00 bits per heavy atom. The van der Waals surface area contributed by atoms with Crippen molar-refractivity contribution in [1.29, 1.82) is 0 Å². The molecule has 1 saturated heterocycles. The maximum atomic E-state index is 11.2. The molecule has 9 heteroatoms. The first kappa shape index (κ1) is 16.6. The van der Waals surface area contributed by atoms with Gasteiger partial charge >= 0.3 is 5.69 Å². The van der Waals surface area contributed by atoms with Gasteiger partial charge in [-0.2, -0.15) is 4.98 Å². The van der Waals surface area contributed by atoms with Gasteiger partial charge in [0.25, 0.3) is 0 Å². The van der Waals surface area contributed by atoms with Gasteiger partial charge in [-0.15, -0.1) is 0 Å². The average Bonchev–Trinajstić information content (AvgIpc) is 3.47. The maximum Gasteiger partial charge on any atom is 0.329 e. The van der Waals surface area contributed by atoms with Gasteiger partial charge in [-0.25, -0.2) is 4.98 Å². The topological polar surface area (TPSA) is 100 Å². The van der Waals surface area contributed by atoms with E-state index in [9.17, 15) is 10.1 Å². The van der Waals surface area contributed by atoms with E-state index in [-0.39, 0.29) is 5.69 Å². The molecule has 2 aromatic rings. The Morgan fingerprint density at radius 3 is 2.65 bits per heavy atom. The van der Waals surface area contributed by atoms with E-state index >= 15 is 0 Å². The van der Waals surface area contributed by atoms with Crippen LogP contribution >= 0.6 is 0 Å². The summed E-state index contributed by atoms with van der Waals surface area (Å²) in [6.07, 6.45) is 5.18. The van der Waals surface area contributed by atoms with Gasteiger partial charge < -0.3 is 10.2 Å². The quantitative estimate of drug-likeness (QED) is 0.617. The fourth-order valence-corrected chi connectivity index (χ4v) is 3.01. The number of rotatable bonds is 6. The van der Waals surface area contributed by atoms with Crippen LogP contribution in [0, 0.1) is 10.1 Å². The molecule has 4 rings (SSSR count). The second kappa shape index (κ2) is 7.20. The molecule has 0 bridgehead atoms. The van der Waals surface area contributed by atoms with Crippen LogP contribution in [0.5, 0.6) is 0 Å². The molecule has 1 aliphatic heterocycles. The van der Waals surface area contributed by atoms with Crippen LogP contribution in [0.25, 0.3) is 0 Å². The molecule has 1 aliphatic carbocycles. The molecular formula is C17H21N7O2. The SMILES string of the molecule is O=[N+]([O-])c1cnc(N2CCN(Cc3ccccn3)CC2)nc1NC1CC1. The van der Waals surface area contributed by atoms with Crippen molar-refractivity contribution < 1.29 is 4.92 Å². The number of pyridine rings is 1. The van der Waals surface area contributed by atoms with Gasteiger partial charge in [0, 0.05) is 45.0 Å². The first-order chi connectivity index (χ1) is 12.7. The van der Waals surface area contributed by atoms with Crippen LogP contribution in [0.2, 0.25) is 0 Å². The monoisotopic (exact) mass is 355 g/mol.